The van der Waals surface area contributed by atoms with Gasteiger partial charge >= 0.3 is 12.1 Å². The van der Waals surface area contributed by atoms with Gasteiger partial charge in [0.05, 0.1) is 39.0 Å². The Bertz CT molecular complexity index is 1310. The van der Waals surface area contributed by atoms with Crippen LogP contribution in [0.15, 0.2) is 36.4 Å². The number of nitrogens with zero attached hydrogens (tertiary/aromatic N) is 1. The van der Waals surface area contributed by atoms with Crippen molar-refractivity contribution >= 4 is 23.0 Å². The van der Waals surface area contributed by atoms with E-state index in [1.807, 2.05) is 50.2 Å². The standard InChI is InChI=1S/C30H38N2O7/c1-9-38-17-19-14-24(35-6)26(25(15-19)36-7)22-13-11-20(21-12-10-18(2)31-27(21)22)16-23(28(33)37-8)32-29(34)39-30(3,4)5/h10-15,23H,9,16-17H2,1-8H3,(H,32,34). The monoisotopic (exact) mass is 538 g/mol. The van der Waals surface area contributed by atoms with Gasteiger partial charge < -0.3 is 29.0 Å². The van der Waals surface area contributed by atoms with E-state index in [-0.39, 0.29) is 6.42 Å². The summed E-state index contributed by atoms with van der Waals surface area (Å²) in [5, 5.41) is 3.47. The fraction of sp³-hybridized carbons (Fsp3) is 0.433. The number of amides is 1. The smallest absolute Gasteiger partial charge is 0.408 e. The molecule has 210 valence electrons. The highest BCUT2D eigenvalue weighted by atomic mass is 16.6. The highest BCUT2D eigenvalue weighted by Crippen LogP contribution is 2.43. The van der Waals surface area contributed by atoms with Crippen LogP contribution in [-0.4, -0.2) is 56.6 Å². The number of rotatable bonds is 10. The van der Waals surface area contributed by atoms with Gasteiger partial charge in [-0.05, 0) is 63.9 Å². The van der Waals surface area contributed by atoms with Crippen LogP contribution in [0.25, 0.3) is 22.0 Å². The molecule has 0 fully saturated rings. The lowest BCUT2D eigenvalue weighted by atomic mass is 9.93. The predicted molar refractivity (Wildman–Crippen MR) is 149 cm³/mol. The molecule has 3 aromatic rings. The van der Waals surface area contributed by atoms with Crippen LogP contribution in [0.1, 0.15) is 44.5 Å². The Morgan fingerprint density at radius 2 is 1.67 bits per heavy atom. The maximum atomic E-state index is 12.6. The third kappa shape index (κ3) is 7.38. The van der Waals surface area contributed by atoms with Crippen molar-refractivity contribution in [1.29, 1.82) is 0 Å². The molecular formula is C30H38N2O7. The zero-order valence-electron chi connectivity index (χ0n) is 24.0. The maximum absolute atomic E-state index is 12.6. The summed E-state index contributed by atoms with van der Waals surface area (Å²) in [7, 11) is 4.51. The van der Waals surface area contributed by atoms with E-state index in [0.29, 0.717) is 30.2 Å². The number of benzene rings is 2. The second kappa shape index (κ2) is 12.8. The Kier molecular flexibility index (Phi) is 9.75. The molecule has 0 saturated carbocycles. The average molecular weight is 539 g/mol. The summed E-state index contributed by atoms with van der Waals surface area (Å²) in [4.78, 5) is 29.9. The molecular weight excluding hydrogens is 500 g/mol. The summed E-state index contributed by atoms with van der Waals surface area (Å²) >= 11 is 0. The first kappa shape index (κ1) is 29.7. The maximum Gasteiger partial charge on any atom is 0.408 e. The van der Waals surface area contributed by atoms with Crippen LogP contribution in [0.3, 0.4) is 0 Å². The van der Waals surface area contributed by atoms with Gasteiger partial charge in [-0.15, -0.1) is 0 Å². The molecule has 9 nitrogen and oxygen atoms in total. The first-order valence-corrected chi connectivity index (χ1v) is 12.8. The third-order valence-corrected chi connectivity index (χ3v) is 6.00. The summed E-state index contributed by atoms with van der Waals surface area (Å²) in [6.45, 7) is 10.1. The van der Waals surface area contributed by atoms with E-state index >= 15 is 0 Å². The second-order valence-corrected chi connectivity index (χ2v) is 10.1. The molecule has 1 aromatic heterocycles. The van der Waals surface area contributed by atoms with E-state index in [0.717, 1.165) is 33.3 Å². The van der Waals surface area contributed by atoms with Crippen LogP contribution >= 0.6 is 0 Å². The van der Waals surface area contributed by atoms with Gasteiger partial charge in [0.25, 0.3) is 0 Å². The number of nitrogens with one attached hydrogen (secondary N) is 1. The Hall–Kier alpha value is -3.85. The molecule has 1 unspecified atom stereocenters. The molecule has 0 spiro atoms. The lowest BCUT2D eigenvalue weighted by molar-refractivity contribution is -0.143. The third-order valence-electron chi connectivity index (χ3n) is 6.00. The Morgan fingerprint density at radius 3 is 2.23 bits per heavy atom. The number of pyridine rings is 1. The van der Waals surface area contributed by atoms with Crippen LogP contribution < -0.4 is 14.8 Å². The van der Waals surface area contributed by atoms with Crippen LogP contribution in [0.4, 0.5) is 4.79 Å². The number of fused-ring (bicyclic) bond motifs is 1. The normalized spacial score (nSPS) is 12.1. The lowest BCUT2D eigenvalue weighted by Crippen LogP contribution is -2.45. The van der Waals surface area contributed by atoms with E-state index in [2.05, 4.69) is 5.32 Å². The first-order chi connectivity index (χ1) is 18.5. The first-order valence-electron chi connectivity index (χ1n) is 12.8. The van der Waals surface area contributed by atoms with E-state index in [1.165, 1.54) is 7.11 Å². The number of carbonyl (C=O) groups is 2. The quantitative estimate of drug-likeness (QED) is 0.344. The number of aryl methyl sites for hydroxylation is 1. The van der Waals surface area contributed by atoms with E-state index in [1.54, 1.807) is 35.0 Å². The van der Waals surface area contributed by atoms with E-state index in [4.69, 9.17) is 28.7 Å². The number of aromatic nitrogens is 1. The fourth-order valence-electron chi connectivity index (χ4n) is 4.29. The van der Waals surface area contributed by atoms with Crippen molar-refractivity contribution in [3.63, 3.8) is 0 Å². The van der Waals surface area contributed by atoms with Gasteiger partial charge in [-0.3, -0.25) is 4.98 Å². The summed E-state index contributed by atoms with van der Waals surface area (Å²) in [6.07, 6.45) is -0.524. The van der Waals surface area contributed by atoms with Gasteiger partial charge in [0.1, 0.15) is 23.1 Å². The van der Waals surface area contributed by atoms with Gasteiger partial charge in [0, 0.05) is 29.7 Å². The van der Waals surface area contributed by atoms with Gasteiger partial charge in [-0.2, -0.15) is 0 Å². The molecule has 9 heteroatoms. The molecule has 1 N–H and O–H groups in total. The van der Waals surface area contributed by atoms with Crippen molar-refractivity contribution in [3.8, 4) is 22.6 Å². The minimum absolute atomic E-state index is 0.176. The number of methoxy groups -OCH3 is 3. The largest absolute Gasteiger partial charge is 0.496 e. The number of esters is 1. The highest BCUT2D eigenvalue weighted by Gasteiger charge is 2.27. The summed E-state index contributed by atoms with van der Waals surface area (Å²) in [6, 6.07) is 10.6. The molecule has 1 amide bonds. The molecule has 0 aliphatic heterocycles. The van der Waals surface area contributed by atoms with E-state index < -0.39 is 23.7 Å². The van der Waals surface area contributed by atoms with Crippen LogP contribution in [0.2, 0.25) is 0 Å². The topological polar surface area (TPSA) is 105 Å². The lowest BCUT2D eigenvalue weighted by Gasteiger charge is -2.23. The fourth-order valence-corrected chi connectivity index (χ4v) is 4.29. The molecule has 0 aliphatic rings. The molecule has 0 saturated heterocycles. The number of hydrogen-bond donors (Lipinski definition) is 1. The van der Waals surface area contributed by atoms with Gasteiger partial charge in [-0.1, -0.05) is 18.2 Å². The molecule has 0 aliphatic carbocycles. The van der Waals surface area contributed by atoms with E-state index in [9.17, 15) is 9.59 Å². The van der Waals surface area contributed by atoms with Crippen molar-refractivity contribution in [2.75, 3.05) is 27.9 Å². The zero-order valence-corrected chi connectivity index (χ0v) is 24.0. The van der Waals surface area contributed by atoms with Gasteiger partial charge in [-0.25, -0.2) is 9.59 Å². The van der Waals surface area contributed by atoms with Crippen LogP contribution in [-0.2, 0) is 32.0 Å². The van der Waals surface area contributed by atoms with Crippen LogP contribution in [0.5, 0.6) is 11.5 Å². The summed E-state index contributed by atoms with van der Waals surface area (Å²) < 4.78 is 27.5. The second-order valence-electron chi connectivity index (χ2n) is 10.1. The minimum atomic E-state index is -0.956. The molecule has 0 bridgehead atoms. The van der Waals surface area contributed by atoms with Gasteiger partial charge in [0.15, 0.2) is 0 Å². The van der Waals surface area contributed by atoms with Crippen molar-refractivity contribution in [1.82, 2.24) is 10.3 Å². The van der Waals surface area contributed by atoms with Crippen molar-refractivity contribution in [2.45, 2.75) is 59.3 Å². The molecule has 3 rings (SSSR count). The van der Waals surface area contributed by atoms with Crippen molar-refractivity contribution < 1.29 is 33.3 Å². The average Bonchev–Trinajstić information content (AvgIpc) is 2.89. The number of ether oxygens (including phenoxy) is 5. The van der Waals surface area contributed by atoms with Crippen LogP contribution in [0, 0.1) is 6.92 Å². The molecule has 0 radical (unpaired) electrons. The van der Waals surface area contributed by atoms with Gasteiger partial charge in [0.2, 0.25) is 0 Å². The number of carbonyl (C=O) groups excluding carboxylic acids is 2. The summed E-state index contributed by atoms with van der Waals surface area (Å²) in [5.41, 5.74) is 4.12. The zero-order chi connectivity index (χ0) is 28.7. The van der Waals surface area contributed by atoms with Crippen molar-refractivity contribution in [3.05, 3.63) is 53.2 Å². The Morgan fingerprint density at radius 1 is 1.00 bits per heavy atom. The Balaban J connectivity index is 2.12. The molecule has 39 heavy (non-hydrogen) atoms. The Labute approximate surface area is 229 Å². The predicted octanol–water partition coefficient (Wildman–Crippen LogP) is 5.37. The summed E-state index contributed by atoms with van der Waals surface area (Å²) in [5.74, 6) is 0.673. The number of alkyl carbamates (subject to hydrolysis) is 1. The van der Waals surface area contributed by atoms with Crippen molar-refractivity contribution in [2.24, 2.45) is 0 Å². The minimum Gasteiger partial charge on any atom is -0.496 e. The highest BCUT2D eigenvalue weighted by molar-refractivity contribution is 5.99. The molecule has 1 atom stereocenters. The SMILES string of the molecule is CCOCc1cc(OC)c(-c2ccc(CC(NC(=O)OC(C)(C)C)C(=O)OC)c3ccc(C)nc23)c(OC)c1. The molecule has 1 heterocycles. The number of hydrogen-bond acceptors (Lipinski definition) is 8. The molecule has 2 aromatic carbocycles.